The number of hydrogen-bond acceptors (Lipinski definition) is 2. The maximum absolute atomic E-state index is 12.9. The SMILES string of the molecule is C[C@]1(c2ccc(Br)cc2)Cc2cc(O)c(Cl)c(Cl)c2C1=O. The van der Waals surface area contributed by atoms with Crippen LogP contribution in [0.4, 0.5) is 0 Å². The van der Waals surface area contributed by atoms with E-state index in [9.17, 15) is 9.90 Å². The molecule has 0 saturated heterocycles. The lowest BCUT2D eigenvalue weighted by Gasteiger charge is -2.22. The summed E-state index contributed by atoms with van der Waals surface area (Å²) >= 11 is 15.5. The second-order valence-corrected chi connectivity index (χ2v) is 7.07. The predicted octanol–water partition coefficient (Wildman–Crippen LogP) is 5.16. The van der Waals surface area contributed by atoms with Crippen molar-refractivity contribution < 1.29 is 9.90 Å². The summed E-state index contributed by atoms with van der Waals surface area (Å²) in [6.07, 6.45) is 0.493. The van der Waals surface area contributed by atoms with Crippen molar-refractivity contribution in [1.29, 1.82) is 0 Å². The largest absolute Gasteiger partial charge is 0.506 e. The van der Waals surface area contributed by atoms with Gasteiger partial charge in [0.1, 0.15) is 10.8 Å². The van der Waals surface area contributed by atoms with E-state index in [-0.39, 0.29) is 21.6 Å². The topological polar surface area (TPSA) is 37.3 Å². The number of phenolic OH excluding ortho intramolecular Hbond substituents is 1. The summed E-state index contributed by atoms with van der Waals surface area (Å²) in [5.74, 6) is -0.153. The van der Waals surface area contributed by atoms with Gasteiger partial charge in [-0.3, -0.25) is 4.79 Å². The highest BCUT2D eigenvalue weighted by atomic mass is 79.9. The third-order valence-corrected chi connectivity index (χ3v) is 5.41. The molecular weight excluding hydrogens is 375 g/mol. The summed E-state index contributed by atoms with van der Waals surface area (Å²) in [4.78, 5) is 12.9. The molecule has 0 spiro atoms. The molecule has 0 fully saturated rings. The van der Waals surface area contributed by atoms with Crippen molar-refractivity contribution in [1.82, 2.24) is 0 Å². The Balaban J connectivity index is 2.16. The number of Topliss-reactive ketones (excluding diaryl/α,β-unsaturated/α-hetero) is 1. The van der Waals surface area contributed by atoms with Crippen LogP contribution >= 0.6 is 39.1 Å². The lowest BCUT2D eigenvalue weighted by molar-refractivity contribution is 0.0915. The van der Waals surface area contributed by atoms with Gasteiger partial charge in [0.25, 0.3) is 0 Å². The van der Waals surface area contributed by atoms with Crippen LogP contribution in [0.3, 0.4) is 0 Å². The van der Waals surface area contributed by atoms with E-state index in [0.717, 1.165) is 15.6 Å². The van der Waals surface area contributed by atoms with Gasteiger partial charge in [0.2, 0.25) is 0 Å². The third-order valence-electron chi connectivity index (χ3n) is 4.02. The van der Waals surface area contributed by atoms with Crippen molar-refractivity contribution in [3.63, 3.8) is 0 Å². The lowest BCUT2D eigenvalue weighted by atomic mass is 9.79. The van der Waals surface area contributed by atoms with Crippen LogP contribution in [-0.2, 0) is 11.8 Å². The first-order valence-electron chi connectivity index (χ1n) is 6.35. The van der Waals surface area contributed by atoms with Crippen LogP contribution in [-0.4, -0.2) is 10.9 Å². The zero-order chi connectivity index (χ0) is 15.4. The molecule has 5 heteroatoms. The van der Waals surface area contributed by atoms with E-state index in [0.29, 0.717) is 12.0 Å². The quantitative estimate of drug-likeness (QED) is 0.736. The molecule has 3 rings (SSSR count). The molecule has 1 aliphatic rings. The van der Waals surface area contributed by atoms with Gasteiger partial charge in [-0.05, 0) is 42.7 Å². The monoisotopic (exact) mass is 384 g/mol. The number of rotatable bonds is 1. The Morgan fingerprint density at radius 1 is 1.19 bits per heavy atom. The van der Waals surface area contributed by atoms with Crippen molar-refractivity contribution in [3.8, 4) is 5.75 Å². The summed E-state index contributed by atoms with van der Waals surface area (Å²) in [5.41, 5.74) is 1.38. The molecule has 0 bridgehead atoms. The van der Waals surface area contributed by atoms with Gasteiger partial charge in [0.15, 0.2) is 5.78 Å². The summed E-state index contributed by atoms with van der Waals surface area (Å²) in [5, 5.41) is 9.96. The van der Waals surface area contributed by atoms with Gasteiger partial charge in [-0.15, -0.1) is 0 Å². The van der Waals surface area contributed by atoms with E-state index in [2.05, 4.69) is 15.9 Å². The molecule has 1 N–H and O–H groups in total. The van der Waals surface area contributed by atoms with E-state index >= 15 is 0 Å². The fourth-order valence-electron chi connectivity index (χ4n) is 2.84. The van der Waals surface area contributed by atoms with Crippen molar-refractivity contribution in [2.75, 3.05) is 0 Å². The highest BCUT2D eigenvalue weighted by Gasteiger charge is 2.44. The summed E-state index contributed by atoms with van der Waals surface area (Å²) < 4.78 is 0.955. The molecule has 0 unspecified atom stereocenters. The van der Waals surface area contributed by atoms with E-state index in [4.69, 9.17) is 23.2 Å². The number of halogens is 3. The van der Waals surface area contributed by atoms with Gasteiger partial charge >= 0.3 is 0 Å². The minimum absolute atomic E-state index is 0.0313. The van der Waals surface area contributed by atoms with Gasteiger partial charge in [0, 0.05) is 10.0 Å². The Labute approximate surface area is 140 Å². The first kappa shape index (κ1) is 14.9. The second-order valence-electron chi connectivity index (χ2n) is 5.40. The zero-order valence-electron chi connectivity index (χ0n) is 11.1. The highest BCUT2D eigenvalue weighted by molar-refractivity contribution is 9.10. The minimum Gasteiger partial charge on any atom is -0.506 e. The number of carbonyl (C=O) groups is 1. The van der Waals surface area contributed by atoms with Crippen LogP contribution in [0, 0.1) is 0 Å². The van der Waals surface area contributed by atoms with Crippen LogP contribution in [0.15, 0.2) is 34.8 Å². The van der Waals surface area contributed by atoms with E-state index in [1.54, 1.807) is 0 Å². The van der Waals surface area contributed by atoms with Crippen molar-refractivity contribution in [2.45, 2.75) is 18.8 Å². The molecule has 0 amide bonds. The summed E-state index contributed by atoms with van der Waals surface area (Å²) in [6, 6.07) is 9.18. The van der Waals surface area contributed by atoms with E-state index in [1.165, 1.54) is 6.07 Å². The predicted molar refractivity (Wildman–Crippen MR) is 87.7 cm³/mol. The Morgan fingerprint density at radius 2 is 1.81 bits per heavy atom. The average molecular weight is 386 g/mol. The van der Waals surface area contributed by atoms with Crippen LogP contribution in [0.5, 0.6) is 5.75 Å². The summed E-state index contributed by atoms with van der Waals surface area (Å²) in [7, 11) is 0. The molecule has 0 saturated carbocycles. The normalized spacial score (nSPS) is 20.7. The van der Waals surface area contributed by atoms with Gasteiger partial charge in [-0.1, -0.05) is 51.3 Å². The molecule has 0 heterocycles. The molecule has 2 aromatic carbocycles. The molecule has 0 aromatic heterocycles. The highest BCUT2D eigenvalue weighted by Crippen LogP contribution is 2.46. The van der Waals surface area contributed by atoms with Crippen molar-refractivity contribution in [3.05, 3.63) is 61.5 Å². The zero-order valence-corrected chi connectivity index (χ0v) is 14.2. The average Bonchev–Trinajstić information content (AvgIpc) is 2.70. The van der Waals surface area contributed by atoms with E-state index < -0.39 is 5.41 Å². The fourth-order valence-corrected chi connectivity index (χ4v) is 3.55. The molecule has 108 valence electrons. The van der Waals surface area contributed by atoms with Crippen LogP contribution in [0.25, 0.3) is 0 Å². The molecule has 1 aliphatic carbocycles. The molecule has 2 aromatic rings. The number of hydrogen-bond donors (Lipinski definition) is 1. The van der Waals surface area contributed by atoms with Gasteiger partial charge in [0.05, 0.1) is 10.4 Å². The first-order valence-corrected chi connectivity index (χ1v) is 7.90. The maximum atomic E-state index is 12.9. The standard InChI is InChI=1S/C16H11BrCl2O2/c1-16(9-2-4-10(17)5-3-9)7-8-6-11(20)13(18)14(19)12(8)15(16)21/h2-6,20H,7H2,1H3/t16-/m1/s1. The molecule has 0 radical (unpaired) electrons. The van der Waals surface area contributed by atoms with Crippen LogP contribution in [0.1, 0.15) is 28.4 Å². The number of aromatic hydroxyl groups is 1. The van der Waals surface area contributed by atoms with Gasteiger partial charge in [-0.2, -0.15) is 0 Å². The van der Waals surface area contributed by atoms with Crippen molar-refractivity contribution >= 4 is 44.9 Å². The first-order chi connectivity index (χ1) is 9.84. The third kappa shape index (κ3) is 2.19. The summed E-state index contributed by atoms with van der Waals surface area (Å²) in [6.45, 7) is 1.89. The smallest absolute Gasteiger partial charge is 0.175 e. The molecule has 2 nitrogen and oxygen atoms in total. The Morgan fingerprint density at radius 3 is 2.43 bits per heavy atom. The molecule has 1 atom stereocenters. The lowest BCUT2D eigenvalue weighted by Crippen LogP contribution is -2.29. The number of phenols is 1. The Hall–Kier alpha value is -1.03. The molecule has 0 aliphatic heterocycles. The number of carbonyl (C=O) groups excluding carboxylic acids is 1. The van der Waals surface area contributed by atoms with E-state index in [1.807, 2.05) is 31.2 Å². The number of benzene rings is 2. The fraction of sp³-hybridized carbons (Fsp3) is 0.188. The van der Waals surface area contributed by atoms with Gasteiger partial charge < -0.3 is 5.11 Å². The van der Waals surface area contributed by atoms with Crippen molar-refractivity contribution in [2.24, 2.45) is 0 Å². The number of ketones is 1. The Kier molecular flexibility index (Phi) is 3.55. The second kappa shape index (κ2) is 5.01. The van der Waals surface area contributed by atoms with Crippen LogP contribution in [0.2, 0.25) is 10.0 Å². The van der Waals surface area contributed by atoms with Gasteiger partial charge in [-0.25, -0.2) is 0 Å². The number of fused-ring (bicyclic) bond motifs is 1. The van der Waals surface area contributed by atoms with Crippen LogP contribution < -0.4 is 0 Å². The molecular formula is C16H11BrCl2O2. The Bertz CT molecular complexity index is 756. The molecule has 21 heavy (non-hydrogen) atoms. The maximum Gasteiger partial charge on any atom is 0.175 e. The minimum atomic E-state index is -0.691.